The van der Waals surface area contributed by atoms with Crippen LogP contribution < -0.4 is 20.9 Å². The molecule has 0 bridgehead atoms. The van der Waals surface area contributed by atoms with E-state index in [2.05, 4.69) is 20.9 Å². The van der Waals surface area contributed by atoms with Crippen LogP contribution >= 0.6 is 0 Å². The van der Waals surface area contributed by atoms with E-state index in [-0.39, 0.29) is 0 Å². The molecule has 5 N–H and O–H groups in total. The van der Waals surface area contributed by atoms with Gasteiger partial charge in [0.15, 0.2) is 5.92 Å². The molecule has 2 heterocycles. The van der Waals surface area contributed by atoms with Crippen molar-refractivity contribution in [2.75, 3.05) is 39.3 Å². The van der Waals surface area contributed by atoms with Crippen LogP contribution in [-0.2, 0) is 9.59 Å². The second-order valence-corrected chi connectivity index (χ2v) is 5.33. The number of nitrogens with one attached hydrogen (secondary N) is 3. The summed E-state index contributed by atoms with van der Waals surface area (Å²) in [5.74, 6) is -2.13. The van der Waals surface area contributed by atoms with Crippen molar-refractivity contribution in [1.29, 1.82) is 0 Å². The summed E-state index contributed by atoms with van der Waals surface area (Å²) in [5.41, 5.74) is 0.542. The molecule has 0 aromatic heterocycles. The highest BCUT2D eigenvalue weighted by atomic mass is 16.2. The molecular weight excluding hydrogens is 274 g/mol. The number of hydrogen-bond donors (Lipinski definition) is 4. The third kappa shape index (κ3) is 4.08. The molecule has 2 saturated heterocycles. The van der Waals surface area contributed by atoms with Crippen LogP contribution in [0.4, 0.5) is 4.79 Å². The number of carbonyl (C=O) groups is 3. The monoisotopic (exact) mass is 297 g/mol. The van der Waals surface area contributed by atoms with Gasteiger partial charge in [0.2, 0.25) is 11.8 Å². The maximum absolute atomic E-state index is 11.8. The summed E-state index contributed by atoms with van der Waals surface area (Å²) in [7, 11) is 0. The zero-order chi connectivity index (χ0) is 15.2. The summed E-state index contributed by atoms with van der Waals surface area (Å²) >= 11 is 0. The molecule has 0 radical (unpaired) electrons. The molecule has 0 aliphatic carbocycles. The van der Waals surface area contributed by atoms with Crippen molar-refractivity contribution in [2.24, 2.45) is 10.9 Å². The van der Waals surface area contributed by atoms with E-state index < -0.39 is 23.8 Å². The number of quaternary nitrogens is 2. The van der Waals surface area contributed by atoms with Crippen LogP contribution in [0.2, 0.25) is 0 Å². The van der Waals surface area contributed by atoms with Crippen molar-refractivity contribution in [3.63, 3.8) is 0 Å². The molecule has 21 heavy (non-hydrogen) atoms. The van der Waals surface area contributed by atoms with Crippen LogP contribution in [0.3, 0.4) is 0 Å². The number of imide groups is 2. The second-order valence-electron chi connectivity index (χ2n) is 5.33. The van der Waals surface area contributed by atoms with Crippen molar-refractivity contribution in [2.45, 2.75) is 13.3 Å². The largest absolute Gasteiger partial charge is 0.337 e. The van der Waals surface area contributed by atoms with E-state index in [0.717, 1.165) is 32.7 Å². The molecule has 0 aromatic carbocycles. The Morgan fingerprint density at radius 2 is 1.86 bits per heavy atom. The molecule has 2 aliphatic rings. The van der Waals surface area contributed by atoms with E-state index in [0.29, 0.717) is 18.7 Å². The number of urea groups is 1. The normalized spacial score (nSPS) is 22.1. The maximum Gasteiger partial charge on any atom is 0.328 e. The topological polar surface area (TPSA) is 109 Å². The van der Waals surface area contributed by atoms with Gasteiger partial charge in [-0.3, -0.25) is 25.2 Å². The number of aliphatic imine (C=N–C) groups is 1. The summed E-state index contributed by atoms with van der Waals surface area (Å²) < 4.78 is 0. The van der Waals surface area contributed by atoms with Crippen LogP contribution in [0, 0.1) is 5.92 Å². The van der Waals surface area contributed by atoms with E-state index in [1.165, 1.54) is 4.90 Å². The van der Waals surface area contributed by atoms with Crippen LogP contribution in [0.5, 0.6) is 0 Å². The predicted molar refractivity (Wildman–Crippen MR) is 75.0 cm³/mol. The minimum absolute atomic E-state index is 0.517. The first-order valence-corrected chi connectivity index (χ1v) is 7.46. The van der Waals surface area contributed by atoms with Crippen LogP contribution in [-0.4, -0.2) is 62.8 Å². The zero-order valence-electron chi connectivity index (χ0n) is 12.3. The van der Waals surface area contributed by atoms with Gasteiger partial charge in [0, 0.05) is 5.71 Å². The fourth-order valence-electron chi connectivity index (χ4n) is 2.72. The van der Waals surface area contributed by atoms with Crippen molar-refractivity contribution in [1.82, 2.24) is 10.6 Å². The Morgan fingerprint density at radius 3 is 2.43 bits per heavy atom. The summed E-state index contributed by atoms with van der Waals surface area (Å²) in [6.07, 6.45) is 0.517. The molecule has 8 nitrogen and oxygen atoms in total. The number of piperazine rings is 1. The molecular formula is C13H23N5O3+2. The smallest absolute Gasteiger partial charge is 0.328 e. The fourth-order valence-corrected chi connectivity index (χ4v) is 2.72. The van der Waals surface area contributed by atoms with Crippen LogP contribution in [0.25, 0.3) is 0 Å². The SMILES string of the molecule is CCC(=NCC[NH+]1CC[NH2+]CC1)C1C(=O)NC(=O)NC1=O. The summed E-state index contributed by atoms with van der Waals surface area (Å²) in [4.78, 5) is 40.6. The Balaban J connectivity index is 1.94. The average molecular weight is 297 g/mol. The van der Waals surface area contributed by atoms with Gasteiger partial charge in [0.05, 0.1) is 13.1 Å². The van der Waals surface area contributed by atoms with Gasteiger partial charge in [-0.1, -0.05) is 6.92 Å². The lowest BCUT2D eigenvalue weighted by molar-refractivity contribution is -0.945. The first-order chi connectivity index (χ1) is 10.1. The Morgan fingerprint density at radius 1 is 1.24 bits per heavy atom. The summed E-state index contributed by atoms with van der Waals surface area (Å²) in [6.45, 7) is 7.88. The third-order valence-corrected chi connectivity index (χ3v) is 3.88. The quantitative estimate of drug-likeness (QED) is 0.309. The highest BCUT2D eigenvalue weighted by molar-refractivity contribution is 6.27. The Hall–Kier alpha value is -1.80. The Bertz CT molecular complexity index is 437. The average Bonchev–Trinajstić information content (AvgIpc) is 2.45. The van der Waals surface area contributed by atoms with Gasteiger partial charge < -0.3 is 10.2 Å². The summed E-state index contributed by atoms with van der Waals surface area (Å²) in [5, 5.41) is 6.53. The van der Waals surface area contributed by atoms with Gasteiger partial charge in [-0.05, 0) is 6.42 Å². The van der Waals surface area contributed by atoms with Gasteiger partial charge in [0.1, 0.15) is 26.2 Å². The number of carbonyl (C=O) groups excluding carboxylic acids is 3. The Kier molecular flexibility index (Phi) is 5.40. The van der Waals surface area contributed by atoms with Gasteiger partial charge in [0.25, 0.3) is 0 Å². The van der Waals surface area contributed by atoms with E-state index in [1.54, 1.807) is 0 Å². The van der Waals surface area contributed by atoms with Crippen molar-refractivity contribution in [3.05, 3.63) is 0 Å². The molecule has 8 heteroatoms. The van der Waals surface area contributed by atoms with E-state index in [9.17, 15) is 14.4 Å². The van der Waals surface area contributed by atoms with Gasteiger partial charge in [-0.2, -0.15) is 0 Å². The first-order valence-electron chi connectivity index (χ1n) is 7.46. The lowest BCUT2D eigenvalue weighted by Gasteiger charge is -2.23. The van der Waals surface area contributed by atoms with Gasteiger partial charge in [-0.15, -0.1) is 0 Å². The van der Waals surface area contributed by atoms with Crippen LogP contribution in [0.1, 0.15) is 13.3 Å². The molecule has 0 saturated carbocycles. The second kappa shape index (κ2) is 7.28. The molecule has 2 aliphatic heterocycles. The van der Waals surface area contributed by atoms with Crippen LogP contribution in [0.15, 0.2) is 4.99 Å². The molecule has 2 rings (SSSR count). The number of hydrogen-bond acceptors (Lipinski definition) is 4. The lowest BCUT2D eigenvalue weighted by atomic mass is 9.97. The molecule has 0 unspecified atom stereocenters. The highest BCUT2D eigenvalue weighted by Gasteiger charge is 2.37. The van der Waals surface area contributed by atoms with Crippen molar-refractivity contribution < 1.29 is 24.6 Å². The molecule has 2 fully saturated rings. The standard InChI is InChI=1S/C13H21N5O3/c1-2-9(10-11(19)16-13(21)17-12(10)20)15-5-8-18-6-3-14-4-7-18/h10,14H,2-8H2,1H3,(H2,16,17,19,20,21)/p+2. The highest BCUT2D eigenvalue weighted by Crippen LogP contribution is 2.08. The van der Waals surface area contributed by atoms with E-state index in [1.807, 2.05) is 6.92 Å². The fraction of sp³-hybridized carbons (Fsp3) is 0.692. The minimum atomic E-state index is -0.975. The predicted octanol–water partition coefficient (Wildman–Crippen LogP) is -3.72. The minimum Gasteiger partial charge on any atom is -0.337 e. The lowest BCUT2D eigenvalue weighted by Crippen LogP contribution is -3.20. The van der Waals surface area contributed by atoms with Crippen molar-refractivity contribution in [3.8, 4) is 0 Å². The summed E-state index contributed by atoms with van der Waals surface area (Å²) in [6, 6.07) is -0.759. The third-order valence-electron chi connectivity index (χ3n) is 3.88. The van der Waals surface area contributed by atoms with Gasteiger partial charge in [-0.25, -0.2) is 4.79 Å². The Labute approximate surface area is 123 Å². The zero-order valence-corrected chi connectivity index (χ0v) is 12.3. The first kappa shape index (κ1) is 15.6. The molecule has 0 aromatic rings. The molecule has 116 valence electrons. The van der Waals surface area contributed by atoms with E-state index in [4.69, 9.17) is 0 Å². The maximum atomic E-state index is 11.8. The number of barbiturate groups is 1. The number of nitrogens with zero attached hydrogens (tertiary/aromatic N) is 1. The molecule has 0 atom stereocenters. The van der Waals surface area contributed by atoms with E-state index >= 15 is 0 Å². The number of amides is 4. The number of nitrogens with two attached hydrogens (primary N) is 1. The van der Waals surface area contributed by atoms with Gasteiger partial charge >= 0.3 is 6.03 Å². The molecule has 4 amide bonds. The van der Waals surface area contributed by atoms with Crippen molar-refractivity contribution >= 4 is 23.6 Å². The number of rotatable bonds is 5. The molecule has 0 spiro atoms.